The molecule has 562 valence electrons. The number of urea groups is 2. The summed E-state index contributed by atoms with van der Waals surface area (Å²) >= 11 is 0. The van der Waals surface area contributed by atoms with Crippen LogP contribution in [0.2, 0.25) is 0 Å². The molecular weight excluding hydrogens is 1300 g/mol. The summed E-state index contributed by atoms with van der Waals surface area (Å²) in [4.78, 5) is 125. The van der Waals surface area contributed by atoms with Gasteiger partial charge in [-0.05, 0) is 111 Å². The highest BCUT2D eigenvalue weighted by Crippen LogP contribution is 2.66. The van der Waals surface area contributed by atoms with Gasteiger partial charge in [-0.1, -0.05) is 150 Å². The first kappa shape index (κ1) is 86.5. The number of aliphatic hydroxyl groups is 1. The largest absolute Gasteiger partial charge is 0.381 e. The molecule has 0 radical (unpaired) electrons. The molecule has 26 nitrogen and oxygen atoms in total. The lowest BCUT2D eigenvalue weighted by Gasteiger charge is -2.39. The zero-order chi connectivity index (χ0) is 76.2. The number of likely N-dealkylation sites (tertiary alicyclic amines) is 2. The molecule has 10 amide bonds. The van der Waals surface area contributed by atoms with E-state index in [-0.39, 0.29) is 65.5 Å². The third-order valence-electron chi connectivity index (χ3n) is 20.3. The molecule has 4 fully saturated rings. The Morgan fingerprint density at radius 3 is 1.19 bits per heavy atom. The van der Waals surface area contributed by atoms with Crippen molar-refractivity contribution in [2.45, 2.75) is 257 Å². The smallest absolute Gasteiger partial charge is 0.315 e. The van der Waals surface area contributed by atoms with Crippen molar-refractivity contribution in [1.82, 2.24) is 60.9 Å². The van der Waals surface area contributed by atoms with E-state index >= 15 is 0 Å². The van der Waals surface area contributed by atoms with Crippen LogP contribution in [0.1, 0.15) is 192 Å². The van der Waals surface area contributed by atoms with Crippen molar-refractivity contribution < 1.29 is 65.1 Å². The van der Waals surface area contributed by atoms with Gasteiger partial charge in [-0.15, -0.1) is 13.2 Å². The quantitative estimate of drug-likeness (QED) is 0.0349. The molecule has 4 aliphatic rings. The SMILES string of the molecule is C=CCNC(=O)C(=O)C(CCC)NC(=O)[C@@H]1C2[C@H](CN1C(=O)[C@@H](NC(=O)N[C@H](CS(=O)(=O)N(C)C(C)(C)C)C(C)(C)C)C(C)(C)C)C2(C)C.C=CCNC(=O)C(O)C(CCC)NC(=O)[C@@H]1C2[C@H](CN1C(=O)[C@@H](NC(=O)N[C@H](CS(=O)(=O)N(C)C(C)(C)C)C(C)(C)C)C(C)(C)C)C2(C)C. The first-order valence-corrected chi connectivity index (χ1v) is 37.8. The van der Waals surface area contributed by atoms with Gasteiger partial charge in [0.1, 0.15) is 24.2 Å². The van der Waals surface area contributed by atoms with Crippen molar-refractivity contribution in [3.8, 4) is 0 Å². The van der Waals surface area contributed by atoms with Crippen molar-refractivity contribution in [2.75, 3.05) is 51.8 Å². The Morgan fingerprint density at radius 1 is 0.531 bits per heavy atom. The maximum Gasteiger partial charge on any atom is 0.315 e. The number of rotatable bonds is 28. The molecule has 0 bridgehead atoms. The third kappa shape index (κ3) is 21.7. The number of hydrogen-bond donors (Lipinski definition) is 9. The molecule has 98 heavy (non-hydrogen) atoms. The van der Waals surface area contributed by atoms with Gasteiger partial charge in [0.15, 0.2) is 6.10 Å². The first-order chi connectivity index (χ1) is 44.2. The maximum atomic E-state index is 14.4. The number of nitrogens with one attached hydrogen (secondary N) is 8. The lowest BCUT2D eigenvalue weighted by Crippen LogP contribution is -2.63. The number of Topliss-reactive ketones (excluding diaryl/α,β-unsaturated/α-hetero) is 1. The van der Waals surface area contributed by atoms with Gasteiger partial charge in [-0.3, -0.25) is 33.6 Å². The van der Waals surface area contributed by atoms with Crippen LogP contribution in [-0.2, 0) is 53.6 Å². The van der Waals surface area contributed by atoms with Gasteiger partial charge >= 0.3 is 12.1 Å². The summed E-state index contributed by atoms with van der Waals surface area (Å²) in [7, 11) is -4.52. The normalized spacial score (nSPS) is 22.7. The van der Waals surface area contributed by atoms with Crippen molar-refractivity contribution in [2.24, 2.45) is 56.2 Å². The summed E-state index contributed by atoms with van der Waals surface area (Å²) in [5.41, 5.74) is -4.61. The molecular formula is C70H126N12O14S2. The summed E-state index contributed by atoms with van der Waals surface area (Å²) in [5, 5.41) is 32.8. The Hall–Kier alpha value is -5.71. The highest BCUT2D eigenvalue weighted by Gasteiger charge is 2.71. The van der Waals surface area contributed by atoms with E-state index in [9.17, 15) is 65.1 Å². The average molecular weight is 1420 g/mol. The molecule has 2 saturated heterocycles. The minimum atomic E-state index is -3.77. The monoisotopic (exact) mass is 1420 g/mol. The van der Waals surface area contributed by atoms with Gasteiger partial charge in [0.25, 0.3) is 11.8 Å². The predicted molar refractivity (Wildman–Crippen MR) is 383 cm³/mol. The van der Waals surface area contributed by atoms with Crippen molar-refractivity contribution in [1.29, 1.82) is 0 Å². The standard InChI is InChI=1S/C35H64N6O7S.C35H62N6O7S/c2*1-15-17-22(26(42)29(44)36-18-16-2)37-28(43)25-24-21(35(24,12)13)19-41(25)30(45)27(33(6,7)8)39-31(46)38-23(32(3,4)5)20-49(47,48)40(14)34(9,10)11/h16,21-27,42H,2,15,17-20H2,1,3-14H3,(H,36,44)(H,37,43)(H2,38,39,46);16,21-25,27H,2,15,17-20H2,1,3-14H3,(H,36,44)(H,37,43)(H2,38,39,46)/t21-,22?,23+,24?,25-,26?,27+;21-,22?,23+,24?,25-,27+/m00/s1. The van der Waals surface area contributed by atoms with Gasteiger partial charge in [-0.25, -0.2) is 26.4 Å². The molecule has 2 aliphatic heterocycles. The third-order valence-corrected chi connectivity index (χ3v) is 24.6. The van der Waals surface area contributed by atoms with Gasteiger partial charge < -0.3 is 57.4 Å². The Kier molecular flexibility index (Phi) is 28.3. The van der Waals surface area contributed by atoms with E-state index in [0.717, 1.165) is 0 Å². The molecule has 13 atom stereocenters. The highest BCUT2D eigenvalue weighted by molar-refractivity contribution is 7.89. The minimum Gasteiger partial charge on any atom is -0.381 e. The molecule has 5 unspecified atom stereocenters. The molecule has 0 aromatic heterocycles. The van der Waals surface area contributed by atoms with Gasteiger partial charge in [0.2, 0.25) is 49.5 Å². The van der Waals surface area contributed by atoms with E-state index in [4.69, 9.17) is 0 Å². The average Bonchev–Trinajstić information content (AvgIpc) is 1.53. The molecule has 2 aliphatic carbocycles. The maximum absolute atomic E-state index is 14.4. The Bertz CT molecular complexity index is 3150. The number of aliphatic hydroxyl groups excluding tert-OH is 1. The van der Waals surface area contributed by atoms with Crippen LogP contribution in [0.15, 0.2) is 25.3 Å². The summed E-state index contributed by atoms with van der Waals surface area (Å²) in [5.74, 6) is -5.00. The second-order valence-corrected chi connectivity index (χ2v) is 39.0. The molecule has 0 spiro atoms. The summed E-state index contributed by atoms with van der Waals surface area (Å²) in [6, 6.07) is -8.82. The van der Waals surface area contributed by atoms with E-state index < -0.39 is 161 Å². The molecule has 0 aromatic rings. The molecule has 28 heteroatoms. The minimum absolute atomic E-state index is 0.0353. The Morgan fingerprint density at radius 2 is 0.878 bits per heavy atom. The Balaban J connectivity index is 0.000000510. The van der Waals surface area contributed by atoms with E-state index in [1.165, 1.54) is 44.7 Å². The lowest BCUT2D eigenvalue weighted by molar-refractivity contribution is -0.145. The number of sulfonamides is 2. The topological polar surface area (TPSA) is 351 Å². The van der Waals surface area contributed by atoms with Crippen LogP contribution in [-0.4, -0.2) is 211 Å². The zero-order valence-corrected chi connectivity index (χ0v) is 65.6. The van der Waals surface area contributed by atoms with Crippen molar-refractivity contribution >= 4 is 73.3 Å². The van der Waals surface area contributed by atoms with Crippen LogP contribution >= 0.6 is 0 Å². The second-order valence-electron chi connectivity index (χ2n) is 34.9. The summed E-state index contributed by atoms with van der Waals surface area (Å²) in [6.45, 7) is 52.5. The molecule has 0 aromatic carbocycles. The van der Waals surface area contributed by atoms with Crippen LogP contribution in [0, 0.1) is 56.2 Å². The van der Waals surface area contributed by atoms with E-state index in [2.05, 4.69) is 69.5 Å². The van der Waals surface area contributed by atoms with Crippen LogP contribution in [0.5, 0.6) is 0 Å². The van der Waals surface area contributed by atoms with E-state index in [0.29, 0.717) is 32.4 Å². The van der Waals surface area contributed by atoms with Crippen LogP contribution in [0.25, 0.3) is 0 Å². The fourth-order valence-corrected chi connectivity index (χ4v) is 17.1. The number of nitrogens with zero attached hydrogens (tertiary/aromatic N) is 4. The van der Waals surface area contributed by atoms with Gasteiger partial charge in [0.05, 0.1) is 35.7 Å². The summed E-state index contributed by atoms with van der Waals surface area (Å²) in [6.07, 6.45) is 3.16. The van der Waals surface area contributed by atoms with Crippen molar-refractivity contribution in [3.63, 3.8) is 0 Å². The number of amides is 10. The van der Waals surface area contributed by atoms with Crippen LogP contribution < -0.4 is 42.5 Å². The van der Waals surface area contributed by atoms with Gasteiger partial charge in [-0.2, -0.15) is 8.61 Å². The molecule has 2 heterocycles. The number of carbonyl (C=O) groups is 9. The number of fused-ring (bicyclic) bond motifs is 2. The molecule has 2 saturated carbocycles. The predicted octanol–water partition coefficient (Wildman–Crippen LogP) is 5.42. The van der Waals surface area contributed by atoms with Crippen LogP contribution in [0.4, 0.5) is 9.59 Å². The Labute approximate surface area is 587 Å². The number of carbonyl (C=O) groups excluding carboxylic acids is 9. The zero-order valence-electron chi connectivity index (χ0n) is 64.0. The summed E-state index contributed by atoms with van der Waals surface area (Å²) < 4.78 is 55.9. The van der Waals surface area contributed by atoms with E-state index in [1.54, 1.807) is 62.3 Å². The lowest BCUT2D eigenvalue weighted by atomic mass is 9.85. The van der Waals surface area contributed by atoms with E-state index in [1.807, 2.05) is 90.0 Å². The number of ketones is 1. The second kappa shape index (κ2) is 32.1. The number of hydrogen-bond acceptors (Lipinski definition) is 14. The molecule has 9 N–H and O–H groups in total. The van der Waals surface area contributed by atoms with Crippen molar-refractivity contribution in [3.05, 3.63) is 25.3 Å². The fraction of sp³-hybridized carbons (Fsp3) is 0.814. The fourth-order valence-electron chi connectivity index (χ4n) is 13.0. The first-order valence-electron chi connectivity index (χ1n) is 34.5. The highest BCUT2D eigenvalue weighted by atomic mass is 32.2. The van der Waals surface area contributed by atoms with Crippen LogP contribution in [0.3, 0.4) is 0 Å². The number of piperidine rings is 2. The van der Waals surface area contributed by atoms with Gasteiger partial charge in [0, 0.05) is 51.4 Å². The molecule has 4 rings (SSSR count).